The molecule has 17 heavy (non-hydrogen) atoms. The Bertz CT molecular complexity index is 208. The summed E-state index contributed by atoms with van der Waals surface area (Å²) < 4.78 is 5.12. The number of hydrogen-bond donors (Lipinski definition) is 2. The molecule has 4 nitrogen and oxygen atoms in total. The zero-order valence-corrected chi connectivity index (χ0v) is 12.8. The van der Waals surface area contributed by atoms with Gasteiger partial charge in [-0.05, 0) is 27.3 Å². The second-order valence-electron chi connectivity index (χ2n) is 4.43. The Morgan fingerprint density at radius 1 is 1.18 bits per heavy atom. The van der Waals surface area contributed by atoms with Crippen molar-refractivity contribution in [3.63, 3.8) is 0 Å². The van der Waals surface area contributed by atoms with E-state index in [9.17, 15) is 4.79 Å². The van der Waals surface area contributed by atoms with Crippen molar-refractivity contribution in [3.05, 3.63) is 0 Å². The van der Waals surface area contributed by atoms with Crippen LogP contribution < -0.4 is 10.6 Å². The highest BCUT2D eigenvalue weighted by Gasteiger charge is 2.15. The molecule has 0 aliphatic heterocycles. The van der Waals surface area contributed by atoms with Crippen molar-refractivity contribution in [1.29, 1.82) is 0 Å². The summed E-state index contributed by atoms with van der Waals surface area (Å²) in [6.07, 6.45) is -0.337. The number of alkyl carbamates (subject to hydrolysis) is 1. The molecule has 6 heteroatoms. The van der Waals surface area contributed by atoms with E-state index in [4.69, 9.17) is 4.74 Å². The van der Waals surface area contributed by atoms with Gasteiger partial charge in [-0.2, -0.15) is 0 Å². The largest absolute Gasteiger partial charge is 0.444 e. The first-order valence-electron chi connectivity index (χ1n) is 5.87. The van der Waals surface area contributed by atoms with E-state index < -0.39 is 5.60 Å². The predicted octanol–water partition coefficient (Wildman–Crippen LogP) is 2.50. The minimum absolute atomic E-state index is 0.337. The Morgan fingerprint density at radius 3 is 2.29 bits per heavy atom. The molecule has 0 aromatic rings. The number of amides is 1. The average Bonchev–Trinajstić information content (AvgIpc) is 2.19. The predicted molar refractivity (Wildman–Crippen MR) is 77.7 cm³/mol. The lowest BCUT2D eigenvalue weighted by Crippen LogP contribution is -2.33. The van der Waals surface area contributed by atoms with E-state index in [1.165, 1.54) is 0 Å². The maximum absolute atomic E-state index is 11.3. The summed E-state index contributed by atoms with van der Waals surface area (Å²) in [6, 6.07) is 0. The number of ether oxygens (including phenoxy) is 1. The Morgan fingerprint density at radius 2 is 1.76 bits per heavy atom. The molecule has 0 heterocycles. The van der Waals surface area contributed by atoms with Gasteiger partial charge in [0.25, 0.3) is 0 Å². The highest BCUT2D eigenvalue weighted by atomic mass is 33.1. The molecular weight excluding hydrogens is 256 g/mol. The SMILES string of the molecule is CCNCCSSCCNC(=O)OC(C)(C)C. The van der Waals surface area contributed by atoms with Crippen LogP contribution in [0.2, 0.25) is 0 Å². The van der Waals surface area contributed by atoms with Crippen LogP contribution in [0.25, 0.3) is 0 Å². The van der Waals surface area contributed by atoms with Gasteiger partial charge >= 0.3 is 6.09 Å². The van der Waals surface area contributed by atoms with E-state index in [1.807, 2.05) is 31.6 Å². The third-order valence-corrected chi connectivity index (χ3v) is 3.96. The third-order valence-electron chi connectivity index (χ3n) is 1.55. The second kappa shape index (κ2) is 9.91. The molecule has 0 bridgehead atoms. The Labute approximate surface area is 112 Å². The topological polar surface area (TPSA) is 50.4 Å². The van der Waals surface area contributed by atoms with E-state index in [0.717, 1.165) is 24.6 Å². The number of carbonyl (C=O) groups excluding carboxylic acids is 1. The van der Waals surface area contributed by atoms with Crippen LogP contribution in [0.1, 0.15) is 27.7 Å². The van der Waals surface area contributed by atoms with E-state index in [2.05, 4.69) is 17.6 Å². The number of nitrogens with one attached hydrogen (secondary N) is 2. The molecule has 0 saturated carbocycles. The summed E-state index contributed by atoms with van der Waals surface area (Å²) in [5.74, 6) is 1.99. The van der Waals surface area contributed by atoms with E-state index in [-0.39, 0.29) is 6.09 Å². The molecule has 0 rings (SSSR count). The molecule has 0 atom stereocenters. The monoisotopic (exact) mass is 280 g/mol. The lowest BCUT2D eigenvalue weighted by Gasteiger charge is -2.19. The summed E-state index contributed by atoms with van der Waals surface area (Å²) in [5, 5.41) is 5.99. The van der Waals surface area contributed by atoms with Gasteiger partial charge in [0.05, 0.1) is 0 Å². The van der Waals surface area contributed by atoms with Gasteiger partial charge in [-0.25, -0.2) is 4.79 Å². The Kier molecular flexibility index (Phi) is 9.87. The van der Waals surface area contributed by atoms with Crippen molar-refractivity contribution < 1.29 is 9.53 Å². The van der Waals surface area contributed by atoms with Crippen molar-refractivity contribution in [2.45, 2.75) is 33.3 Å². The normalized spacial score (nSPS) is 11.3. The van der Waals surface area contributed by atoms with Crippen LogP contribution in [0.4, 0.5) is 4.79 Å². The van der Waals surface area contributed by atoms with Crippen molar-refractivity contribution in [2.24, 2.45) is 0 Å². The van der Waals surface area contributed by atoms with Gasteiger partial charge in [-0.15, -0.1) is 0 Å². The second-order valence-corrected chi connectivity index (χ2v) is 7.13. The van der Waals surface area contributed by atoms with Gasteiger partial charge < -0.3 is 15.4 Å². The first-order valence-corrected chi connectivity index (χ1v) is 8.36. The van der Waals surface area contributed by atoms with Crippen LogP contribution >= 0.6 is 21.6 Å². The number of rotatable bonds is 8. The minimum atomic E-state index is -0.419. The Hall–Kier alpha value is -0.0700. The fourth-order valence-corrected chi connectivity index (χ4v) is 2.77. The molecule has 0 aromatic carbocycles. The van der Waals surface area contributed by atoms with Crippen LogP contribution in [0.15, 0.2) is 0 Å². The highest BCUT2D eigenvalue weighted by Crippen LogP contribution is 2.19. The first-order chi connectivity index (χ1) is 7.95. The summed E-state index contributed by atoms with van der Waals surface area (Å²) in [5.41, 5.74) is -0.419. The highest BCUT2D eigenvalue weighted by molar-refractivity contribution is 8.76. The average molecular weight is 280 g/mol. The molecule has 0 aliphatic rings. The summed E-state index contributed by atoms with van der Waals surface area (Å²) >= 11 is 0. The first kappa shape index (κ1) is 16.9. The molecule has 2 N–H and O–H groups in total. The zero-order valence-electron chi connectivity index (χ0n) is 11.2. The zero-order chi connectivity index (χ0) is 13.1. The summed E-state index contributed by atoms with van der Waals surface area (Å²) in [7, 11) is 3.59. The third kappa shape index (κ3) is 13.9. The molecule has 0 radical (unpaired) electrons. The molecular formula is C11H24N2O2S2. The van der Waals surface area contributed by atoms with Gasteiger partial charge in [-0.1, -0.05) is 28.5 Å². The van der Waals surface area contributed by atoms with Crippen LogP contribution in [-0.2, 0) is 4.74 Å². The van der Waals surface area contributed by atoms with Gasteiger partial charge in [0.2, 0.25) is 0 Å². The van der Waals surface area contributed by atoms with Crippen molar-refractivity contribution in [3.8, 4) is 0 Å². The lowest BCUT2D eigenvalue weighted by molar-refractivity contribution is 0.0531. The molecule has 0 aliphatic carbocycles. The molecule has 0 unspecified atom stereocenters. The Balaban J connectivity index is 3.25. The van der Waals surface area contributed by atoms with E-state index in [0.29, 0.717) is 6.54 Å². The van der Waals surface area contributed by atoms with Crippen molar-refractivity contribution >= 4 is 27.7 Å². The van der Waals surface area contributed by atoms with Gasteiger partial charge in [-0.3, -0.25) is 0 Å². The summed E-state index contributed by atoms with van der Waals surface area (Å²) in [4.78, 5) is 11.3. The van der Waals surface area contributed by atoms with E-state index >= 15 is 0 Å². The smallest absolute Gasteiger partial charge is 0.407 e. The quantitative estimate of drug-likeness (QED) is 0.528. The van der Waals surface area contributed by atoms with Gasteiger partial charge in [0.1, 0.15) is 5.60 Å². The van der Waals surface area contributed by atoms with Crippen LogP contribution in [0, 0.1) is 0 Å². The molecule has 0 saturated heterocycles. The van der Waals surface area contributed by atoms with E-state index in [1.54, 1.807) is 10.8 Å². The fourth-order valence-electron chi connectivity index (χ4n) is 0.917. The van der Waals surface area contributed by atoms with Gasteiger partial charge in [0.15, 0.2) is 0 Å². The standard InChI is InChI=1S/C11H24N2O2S2/c1-5-12-6-8-16-17-9-7-13-10(14)15-11(2,3)4/h12H,5-9H2,1-4H3,(H,13,14). The van der Waals surface area contributed by atoms with Gasteiger partial charge in [0, 0.05) is 24.6 Å². The van der Waals surface area contributed by atoms with Crippen LogP contribution in [-0.4, -0.2) is 42.8 Å². The summed E-state index contributed by atoms with van der Waals surface area (Å²) in [6.45, 7) is 10.4. The molecule has 0 spiro atoms. The number of hydrogen-bond acceptors (Lipinski definition) is 5. The molecule has 1 amide bonds. The number of carbonyl (C=O) groups is 1. The maximum atomic E-state index is 11.3. The van der Waals surface area contributed by atoms with Crippen molar-refractivity contribution in [1.82, 2.24) is 10.6 Å². The fraction of sp³-hybridized carbons (Fsp3) is 0.909. The lowest BCUT2D eigenvalue weighted by atomic mass is 10.2. The maximum Gasteiger partial charge on any atom is 0.407 e. The molecule has 102 valence electrons. The molecule has 0 fully saturated rings. The van der Waals surface area contributed by atoms with Crippen LogP contribution in [0.5, 0.6) is 0 Å². The molecule has 0 aromatic heterocycles. The van der Waals surface area contributed by atoms with Crippen LogP contribution in [0.3, 0.4) is 0 Å². The minimum Gasteiger partial charge on any atom is -0.444 e. The van der Waals surface area contributed by atoms with Crippen molar-refractivity contribution in [2.75, 3.05) is 31.1 Å².